The molecule has 4 aromatic carbocycles. The van der Waals surface area contributed by atoms with Gasteiger partial charge in [-0.25, -0.2) is 4.98 Å². The van der Waals surface area contributed by atoms with E-state index in [0.717, 1.165) is 44.4 Å². The number of pyridine rings is 1. The number of imidazole rings is 1. The molecular weight excluding hydrogens is 458 g/mol. The van der Waals surface area contributed by atoms with Crippen molar-refractivity contribution in [3.8, 4) is 11.4 Å². The van der Waals surface area contributed by atoms with Crippen LogP contribution in [0.15, 0.2) is 120 Å². The minimum absolute atomic E-state index is 0.0596. The fraction of sp³-hybridized carbons (Fsp3) is 0. The topological polar surface area (TPSA) is 81.8 Å². The zero-order valence-electron chi connectivity index (χ0n) is 19.7. The van der Waals surface area contributed by atoms with Gasteiger partial charge in [-0.15, -0.1) is 0 Å². The largest absolute Gasteiger partial charge is 0.438 e. The number of aromatic amines is 1. The monoisotopic (exact) mass is 479 g/mol. The molecule has 0 fully saturated rings. The fourth-order valence-corrected chi connectivity index (χ4v) is 4.80. The second-order valence-corrected chi connectivity index (χ2v) is 8.83. The van der Waals surface area contributed by atoms with Crippen molar-refractivity contribution in [1.29, 1.82) is 5.41 Å². The summed E-state index contributed by atoms with van der Waals surface area (Å²) in [5.41, 5.74) is 6.97. The molecule has 0 unspecified atom stereocenters. The third-order valence-electron chi connectivity index (χ3n) is 6.53. The summed E-state index contributed by atoms with van der Waals surface area (Å²) in [7, 11) is 0. The van der Waals surface area contributed by atoms with E-state index in [9.17, 15) is 0 Å². The molecule has 0 radical (unpaired) electrons. The molecule has 176 valence electrons. The highest BCUT2D eigenvalue weighted by Gasteiger charge is 2.17. The first kappa shape index (κ1) is 21.1. The third kappa shape index (κ3) is 3.63. The van der Waals surface area contributed by atoms with E-state index in [1.165, 1.54) is 0 Å². The van der Waals surface area contributed by atoms with Gasteiger partial charge in [0.1, 0.15) is 11.4 Å². The van der Waals surface area contributed by atoms with E-state index in [1.807, 2.05) is 85.1 Å². The van der Waals surface area contributed by atoms with Crippen LogP contribution < -0.4 is 10.5 Å². The second-order valence-electron chi connectivity index (χ2n) is 8.83. The highest BCUT2D eigenvalue weighted by Crippen LogP contribution is 2.39. The Hall–Kier alpha value is -5.23. The van der Waals surface area contributed by atoms with Crippen molar-refractivity contribution in [3.05, 3.63) is 121 Å². The number of hydrogen-bond donors (Lipinski definition) is 2. The van der Waals surface area contributed by atoms with Crippen LogP contribution in [0.1, 0.15) is 0 Å². The average Bonchev–Trinajstić information content (AvgIpc) is 3.38. The molecule has 3 heterocycles. The zero-order valence-corrected chi connectivity index (χ0v) is 19.7. The number of hydrogen-bond acceptors (Lipinski definition) is 5. The van der Waals surface area contributed by atoms with Crippen LogP contribution in [0.3, 0.4) is 0 Å². The number of para-hydroxylation sites is 3. The maximum Gasteiger partial charge on any atom is 0.223 e. The molecule has 0 saturated heterocycles. The molecule has 7 aromatic rings. The van der Waals surface area contributed by atoms with Crippen LogP contribution in [-0.2, 0) is 0 Å². The van der Waals surface area contributed by atoms with Gasteiger partial charge < -0.3 is 14.3 Å². The molecule has 3 aromatic heterocycles. The lowest BCUT2D eigenvalue weighted by atomic mass is 10.1. The number of anilines is 3. The lowest BCUT2D eigenvalue weighted by Gasteiger charge is -2.26. The Morgan fingerprint density at radius 1 is 0.730 bits per heavy atom. The van der Waals surface area contributed by atoms with Gasteiger partial charge in [0.2, 0.25) is 5.55 Å². The van der Waals surface area contributed by atoms with Gasteiger partial charge in [-0.1, -0.05) is 36.4 Å². The van der Waals surface area contributed by atoms with E-state index in [4.69, 9.17) is 9.83 Å². The van der Waals surface area contributed by atoms with Gasteiger partial charge in [0.25, 0.3) is 0 Å². The Kier molecular flexibility index (Phi) is 4.82. The average molecular weight is 480 g/mol. The van der Waals surface area contributed by atoms with E-state index in [1.54, 1.807) is 0 Å². The standard InChI is InChI=1S/C31H21N5O/c32-30-24(31-34-26-11-4-5-12-27(26)35-31)18-20-15-16-22(19-29(20)37-30)36(21-8-2-1-3-9-21)28-14-6-13-25-23(28)10-7-17-33-25/h1-19,32H,(H,34,35). The first-order chi connectivity index (χ1) is 18.2. The molecule has 0 amide bonds. The smallest absolute Gasteiger partial charge is 0.223 e. The van der Waals surface area contributed by atoms with Gasteiger partial charge >= 0.3 is 0 Å². The van der Waals surface area contributed by atoms with Crippen molar-refractivity contribution in [2.45, 2.75) is 0 Å². The summed E-state index contributed by atoms with van der Waals surface area (Å²) in [6, 6.07) is 36.3. The van der Waals surface area contributed by atoms with Crippen molar-refractivity contribution in [2.24, 2.45) is 0 Å². The lowest BCUT2D eigenvalue weighted by Crippen LogP contribution is -2.11. The van der Waals surface area contributed by atoms with Crippen molar-refractivity contribution in [1.82, 2.24) is 15.0 Å². The molecule has 0 saturated carbocycles. The number of benzene rings is 4. The zero-order chi connectivity index (χ0) is 24.8. The SMILES string of the molecule is N=c1oc2cc(N(c3ccccc3)c3cccc4ncccc34)ccc2cc1-c1nc2ccccc2[nH]1. The fourth-order valence-electron chi connectivity index (χ4n) is 4.80. The molecule has 0 aliphatic heterocycles. The number of nitrogens with one attached hydrogen (secondary N) is 2. The van der Waals surface area contributed by atoms with Crippen LogP contribution in [0, 0.1) is 5.41 Å². The molecule has 6 nitrogen and oxygen atoms in total. The van der Waals surface area contributed by atoms with Gasteiger partial charge in [0.15, 0.2) is 0 Å². The van der Waals surface area contributed by atoms with Crippen LogP contribution in [0.2, 0.25) is 0 Å². The summed E-state index contributed by atoms with van der Waals surface area (Å²) in [5.74, 6) is 0.620. The molecule has 0 atom stereocenters. The summed E-state index contributed by atoms with van der Waals surface area (Å²) < 4.78 is 6.06. The van der Waals surface area contributed by atoms with Crippen LogP contribution >= 0.6 is 0 Å². The first-order valence-electron chi connectivity index (χ1n) is 12.0. The van der Waals surface area contributed by atoms with Crippen molar-refractivity contribution < 1.29 is 4.42 Å². The molecule has 0 bridgehead atoms. The highest BCUT2D eigenvalue weighted by molar-refractivity contribution is 5.98. The summed E-state index contributed by atoms with van der Waals surface area (Å²) in [5, 5.41) is 10.6. The molecule has 0 spiro atoms. The quantitative estimate of drug-likeness (QED) is 0.274. The number of aromatic nitrogens is 3. The predicted molar refractivity (Wildman–Crippen MR) is 147 cm³/mol. The van der Waals surface area contributed by atoms with E-state index in [0.29, 0.717) is 17.0 Å². The maximum absolute atomic E-state index is 8.63. The first-order valence-corrected chi connectivity index (χ1v) is 12.0. The van der Waals surface area contributed by atoms with Gasteiger partial charge in [0, 0.05) is 34.4 Å². The molecule has 0 aliphatic rings. The van der Waals surface area contributed by atoms with Crippen LogP contribution in [0.5, 0.6) is 0 Å². The Balaban J connectivity index is 1.39. The van der Waals surface area contributed by atoms with Crippen molar-refractivity contribution in [2.75, 3.05) is 4.90 Å². The molecular formula is C31H21N5O. The Morgan fingerprint density at radius 2 is 1.57 bits per heavy atom. The van der Waals surface area contributed by atoms with E-state index in [-0.39, 0.29) is 5.55 Å². The third-order valence-corrected chi connectivity index (χ3v) is 6.53. The number of nitrogens with zero attached hydrogens (tertiary/aromatic N) is 3. The molecule has 2 N–H and O–H groups in total. The van der Waals surface area contributed by atoms with Gasteiger partial charge in [-0.2, -0.15) is 0 Å². The lowest BCUT2D eigenvalue weighted by molar-refractivity contribution is 0.535. The van der Waals surface area contributed by atoms with Crippen LogP contribution in [0.4, 0.5) is 17.1 Å². The van der Waals surface area contributed by atoms with E-state index < -0.39 is 0 Å². The number of H-pyrrole nitrogens is 1. The van der Waals surface area contributed by atoms with Crippen molar-refractivity contribution >= 4 is 50.0 Å². The Morgan fingerprint density at radius 3 is 2.46 bits per heavy atom. The summed E-state index contributed by atoms with van der Waals surface area (Å²) >= 11 is 0. The van der Waals surface area contributed by atoms with E-state index >= 15 is 0 Å². The highest BCUT2D eigenvalue weighted by atomic mass is 16.3. The van der Waals surface area contributed by atoms with Crippen LogP contribution in [-0.4, -0.2) is 15.0 Å². The number of rotatable bonds is 4. The minimum atomic E-state index is 0.0596. The Bertz CT molecular complexity index is 1940. The summed E-state index contributed by atoms with van der Waals surface area (Å²) in [6.45, 7) is 0. The maximum atomic E-state index is 8.63. The normalized spacial score (nSPS) is 11.4. The van der Waals surface area contributed by atoms with E-state index in [2.05, 4.69) is 50.2 Å². The van der Waals surface area contributed by atoms with Gasteiger partial charge in [-0.3, -0.25) is 10.4 Å². The summed E-state index contributed by atoms with van der Waals surface area (Å²) in [6.07, 6.45) is 1.81. The van der Waals surface area contributed by atoms with Gasteiger partial charge in [0.05, 0.1) is 27.8 Å². The molecule has 0 aliphatic carbocycles. The van der Waals surface area contributed by atoms with Crippen molar-refractivity contribution in [3.63, 3.8) is 0 Å². The van der Waals surface area contributed by atoms with Gasteiger partial charge in [-0.05, 0) is 66.7 Å². The predicted octanol–water partition coefficient (Wildman–Crippen LogP) is 7.47. The Labute approximate surface area is 212 Å². The molecule has 7 rings (SSSR count). The number of fused-ring (bicyclic) bond motifs is 3. The minimum Gasteiger partial charge on any atom is -0.438 e. The summed E-state index contributed by atoms with van der Waals surface area (Å²) in [4.78, 5) is 14.7. The molecule has 6 heteroatoms. The van der Waals surface area contributed by atoms with Crippen LogP contribution in [0.25, 0.3) is 44.3 Å². The second kappa shape index (κ2) is 8.46. The molecule has 37 heavy (non-hydrogen) atoms.